The highest BCUT2D eigenvalue weighted by atomic mass is 19.1. The second kappa shape index (κ2) is 16.3. The van der Waals surface area contributed by atoms with Gasteiger partial charge in [-0.05, 0) is 67.6 Å². The standard InChI is InChI=1S/C38H47BFN9O3/c1-36(2)37(3,4)52-39(51-36)23-15-14-22-33(35-44-45-47-49(35)28-34(50)41-26-32-27-48(25-24-40)46-43-32)42-38(29-16-8-5-9-17-29,30-18-10-6-11-19-30)31-20-12-7-13-21-31/h5-13,16-21,27,33,42H,14-15,22-26,28H2,1-4H3,(H,41,50). The highest BCUT2D eigenvalue weighted by molar-refractivity contribution is 6.45. The van der Waals surface area contributed by atoms with Crippen molar-refractivity contribution >= 4 is 13.0 Å². The summed E-state index contributed by atoms with van der Waals surface area (Å²) in [6.45, 7) is 7.85. The van der Waals surface area contributed by atoms with E-state index < -0.39 is 23.4 Å². The lowest BCUT2D eigenvalue weighted by molar-refractivity contribution is -0.122. The Balaban J connectivity index is 1.30. The second-order valence-electron chi connectivity index (χ2n) is 14.1. The third-order valence-corrected chi connectivity index (χ3v) is 10.0. The number of aryl methyl sites for hydroxylation is 1. The first kappa shape index (κ1) is 37.0. The van der Waals surface area contributed by atoms with E-state index in [0.29, 0.717) is 17.9 Å². The SMILES string of the molecule is CC1(C)OB(CCCCC(NC(c2ccccc2)(c2ccccc2)c2ccccc2)c2nnnn2CC(=O)NCc2cn(CCF)nn2)OC1(C)C. The third-order valence-electron chi connectivity index (χ3n) is 10.0. The number of unbranched alkanes of at least 4 members (excludes halogenated alkanes) is 1. The number of aromatic nitrogens is 7. The predicted octanol–water partition coefficient (Wildman–Crippen LogP) is 5.44. The van der Waals surface area contributed by atoms with Crippen molar-refractivity contribution in [3.63, 3.8) is 0 Å². The number of carbonyl (C=O) groups excluding carboxylic acids is 1. The van der Waals surface area contributed by atoms with Gasteiger partial charge in [0.25, 0.3) is 0 Å². The molecule has 0 saturated carbocycles. The smallest absolute Gasteiger partial charge is 0.403 e. The van der Waals surface area contributed by atoms with Gasteiger partial charge < -0.3 is 14.6 Å². The first-order valence-electron chi connectivity index (χ1n) is 17.9. The Hall–Kier alpha value is -4.79. The predicted molar refractivity (Wildman–Crippen MR) is 195 cm³/mol. The zero-order valence-electron chi connectivity index (χ0n) is 30.3. The summed E-state index contributed by atoms with van der Waals surface area (Å²) in [7, 11) is -0.291. The summed E-state index contributed by atoms with van der Waals surface area (Å²) in [4.78, 5) is 13.3. The molecule has 2 aromatic heterocycles. The van der Waals surface area contributed by atoms with Crippen molar-refractivity contribution in [3.05, 3.63) is 125 Å². The maximum atomic E-state index is 13.3. The van der Waals surface area contributed by atoms with E-state index >= 15 is 0 Å². The number of hydrogen-bond acceptors (Lipinski definition) is 9. The molecule has 1 aliphatic heterocycles. The molecule has 3 heterocycles. The fourth-order valence-electron chi connectivity index (χ4n) is 6.65. The molecular formula is C38H47BFN9O3. The van der Waals surface area contributed by atoms with Crippen molar-refractivity contribution < 1.29 is 18.5 Å². The van der Waals surface area contributed by atoms with Crippen LogP contribution < -0.4 is 10.6 Å². The number of tetrazole rings is 1. The van der Waals surface area contributed by atoms with Gasteiger partial charge in [0.05, 0.1) is 42.1 Å². The van der Waals surface area contributed by atoms with Crippen LogP contribution in [0, 0.1) is 0 Å². The number of alkyl halides is 1. The number of carbonyl (C=O) groups is 1. The molecule has 1 saturated heterocycles. The largest absolute Gasteiger partial charge is 0.457 e. The van der Waals surface area contributed by atoms with Gasteiger partial charge in [-0.1, -0.05) is 109 Å². The van der Waals surface area contributed by atoms with Gasteiger partial charge in [-0.2, -0.15) is 0 Å². The lowest BCUT2D eigenvalue weighted by Crippen LogP contribution is -2.47. The van der Waals surface area contributed by atoms with Crippen LogP contribution in [-0.4, -0.2) is 66.1 Å². The van der Waals surface area contributed by atoms with Gasteiger partial charge in [-0.25, -0.2) is 13.8 Å². The van der Waals surface area contributed by atoms with Crippen LogP contribution in [0.1, 0.15) is 81.2 Å². The molecule has 272 valence electrons. The maximum absolute atomic E-state index is 13.3. The fourth-order valence-corrected chi connectivity index (χ4v) is 6.65. The van der Waals surface area contributed by atoms with Crippen LogP contribution in [0.2, 0.25) is 6.32 Å². The average molecular weight is 708 g/mol. The van der Waals surface area contributed by atoms with Crippen LogP contribution in [0.15, 0.2) is 97.2 Å². The highest BCUT2D eigenvalue weighted by Gasteiger charge is 2.50. The molecular weight excluding hydrogens is 660 g/mol. The van der Waals surface area contributed by atoms with Crippen molar-refractivity contribution in [2.24, 2.45) is 0 Å². The summed E-state index contributed by atoms with van der Waals surface area (Å²) in [5, 5.41) is 27.7. The zero-order chi connectivity index (χ0) is 36.6. The van der Waals surface area contributed by atoms with Gasteiger partial charge in [-0.15, -0.1) is 10.2 Å². The van der Waals surface area contributed by atoms with Crippen LogP contribution in [0.5, 0.6) is 0 Å². The number of hydrogen-bond donors (Lipinski definition) is 2. The Morgan fingerprint density at radius 3 is 1.98 bits per heavy atom. The lowest BCUT2D eigenvalue weighted by atomic mass is 9.76. The van der Waals surface area contributed by atoms with Gasteiger partial charge in [0.2, 0.25) is 5.91 Å². The van der Waals surface area contributed by atoms with E-state index in [1.165, 1.54) is 4.68 Å². The zero-order valence-corrected chi connectivity index (χ0v) is 30.3. The highest BCUT2D eigenvalue weighted by Crippen LogP contribution is 2.41. The minimum absolute atomic E-state index is 0.108. The molecule has 5 aromatic rings. The van der Waals surface area contributed by atoms with Gasteiger partial charge in [0.15, 0.2) is 5.82 Å². The molecule has 3 aromatic carbocycles. The van der Waals surface area contributed by atoms with Crippen molar-refractivity contribution in [1.29, 1.82) is 0 Å². The Kier molecular flexibility index (Phi) is 11.6. The summed E-state index contributed by atoms with van der Waals surface area (Å²) >= 11 is 0. The first-order chi connectivity index (χ1) is 25.1. The van der Waals surface area contributed by atoms with E-state index in [9.17, 15) is 9.18 Å². The number of nitrogens with zero attached hydrogens (tertiary/aromatic N) is 7. The summed E-state index contributed by atoms with van der Waals surface area (Å²) in [6, 6.07) is 30.7. The van der Waals surface area contributed by atoms with E-state index in [0.717, 1.165) is 35.9 Å². The summed E-state index contributed by atoms with van der Waals surface area (Å²) in [5.41, 5.74) is 2.08. The van der Waals surface area contributed by atoms with Crippen LogP contribution in [0.3, 0.4) is 0 Å². The third kappa shape index (κ3) is 8.30. The van der Waals surface area contributed by atoms with Crippen LogP contribution in [0.25, 0.3) is 0 Å². The van der Waals surface area contributed by atoms with Crippen molar-refractivity contribution in [2.75, 3.05) is 6.67 Å². The monoisotopic (exact) mass is 707 g/mol. The van der Waals surface area contributed by atoms with E-state index in [1.54, 1.807) is 10.9 Å². The number of amides is 1. The Morgan fingerprint density at radius 2 is 1.42 bits per heavy atom. The molecule has 1 aliphatic rings. The molecule has 0 spiro atoms. The van der Waals surface area contributed by atoms with Crippen molar-refractivity contribution in [3.8, 4) is 0 Å². The molecule has 12 nitrogen and oxygen atoms in total. The molecule has 2 N–H and O–H groups in total. The number of rotatable bonds is 17. The number of benzene rings is 3. The average Bonchev–Trinajstić information content (AvgIpc) is 3.85. The van der Waals surface area contributed by atoms with Gasteiger partial charge in [0.1, 0.15) is 18.9 Å². The van der Waals surface area contributed by atoms with E-state index in [1.807, 2.05) is 54.6 Å². The Labute approximate surface area is 304 Å². The molecule has 1 amide bonds. The molecule has 14 heteroatoms. The Morgan fingerprint density at radius 1 is 0.846 bits per heavy atom. The summed E-state index contributed by atoms with van der Waals surface area (Å²) in [6.07, 6.45) is 4.67. The molecule has 1 fully saturated rings. The van der Waals surface area contributed by atoms with Crippen molar-refractivity contribution in [2.45, 2.75) is 95.7 Å². The summed E-state index contributed by atoms with van der Waals surface area (Å²) in [5.74, 6) is 0.236. The van der Waals surface area contributed by atoms with Gasteiger partial charge >= 0.3 is 7.12 Å². The van der Waals surface area contributed by atoms with Crippen LogP contribution >= 0.6 is 0 Å². The number of nitrogens with one attached hydrogen (secondary N) is 2. The van der Waals surface area contributed by atoms with Crippen LogP contribution in [-0.2, 0) is 39.3 Å². The normalized spacial score (nSPS) is 15.8. The van der Waals surface area contributed by atoms with E-state index in [-0.39, 0.29) is 38.7 Å². The number of halogens is 1. The topological polar surface area (TPSA) is 134 Å². The van der Waals surface area contributed by atoms with Crippen LogP contribution in [0.4, 0.5) is 4.39 Å². The summed E-state index contributed by atoms with van der Waals surface area (Å²) < 4.78 is 28.3. The van der Waals surface area contributed by atoms with Gasteiger partial charge in [-0.3, -0.25) is 10.1 Å². The van der Waals surface area contributed by atoms with Crippen molar-refractivity contribution in [1.82, 2.24) is 45.8 Å². The molecule has 1 unspecified atom stereocenters. The van der Waals surface area contributed by atoms with E-state index in [4.69, 9.17) is 9.31 Å². The molecule has 0 bridgehead atoms. The molecule has 52 heavy (non-hydrogen) atoms. The molecule has 6 rings (SSSR count). The first-order valence-corrected chi connectivity index (χ1v) is 17.9. The van der Waals surface area contributed by atoms with E-state index in [2.05, 4.69) is 101 Å². The quantitative estimate of drug-likeness (QED) is 0.0737. The lowest BCUT2D eigenvalue weighted by Gasteiger charge is -2.40. The maximum Gasteiger partial charge on any atom is 0.457 e. The minimum atomic E-state index is -0.801. The molecule has 0 radical (unpaired) electrons. The molecule has 1 atom stereocenters. The Bertz CT molecular complexity index is 1760. The minimum Gasteiger partial charge on any atom is -0.403 e. The second-order valence-corrected chi connectivity index (χ2v) is 14.1. The molecule has 0 aliphatic carbocycles. The fraction of sp³-hybridized carbons (Fsp3) is 0.421. The van der Waals surface area contributed by atoms with Gasteiger partial charge in [0, 0.05) is 0 Å².